The minimum atomic E-state index is -4.57. The Hall–Kier alpha value is -3.15. The molecule has 0 saturated carbocycles. The van der Waals surface area contributed by atoms with Crippen LogP contribution in [0.15, 0.2) is 30.5 Å². The van der Waals surface area contributed by atoms with Gasteiger partial charge >= 0.3 is 6.18 Å². The van der Waals surface area contributed by atoms with Crippen LogP contribution in [-0.4, -0.2) is 42.3 Å². The maximum atomic E-state index is 13.7. The Balaban J connectivity index is 1.65. The first-order chi connectivity index (χ1) is 16.5. The van der Waals surface area contributed by atoms with Crippen molar-refractivity contribution in [3.05, 3.63) is 47.4 Å². The Bertz CT molecular complexity index is 1400. The molecule has 186 valence electrons. The van der Waals surface area contributed by atoms with Crippen LogP contribution in [0.25, 0.3) is 10.9 Å². The van der Waals surface area contributed by atoms with Gasteiger partial charge in [0.15, 0.2) is 0 Å². The van der Waals surface area contributed by atoms with Crippen molar-refractivity contribution in [1.29, 1.82) is 0 Å². The fourth-order valence-electron chi connectivity index (χ4n) is 4.43. The molecule has 2 bridgehead atoms. The molecule has 12 heteroatoms. The quantitative estimate of drug-likeness (QED) is 0.512. The monoisotopic (exact) mass is 507 g/mol. The predicted octanol–water partition coefficient (Wildman–Crippen LogP) is 4.64. The summed E-state index contributed by atoms with van der Waals surface area (Å²) in [7, 11) is -3.44. The van der Waals surface area contributed by atoms with E-state index < -0.39 is 27.8 Å². The zero-order valence-corrected chi connectivity index (χ0v) is 19.9. The highest BCUT2D eigenvalue weighted by molar-refractivity contribution is 7.93. The number of fused-ring (bicyclic) bond motifs is 5. The zero-order valence-electron chi connectivity index (χ0n) is 19.1. The van der Waals surface area contributed by atoms with Gasteiger partial charge in [-0.15, -0.1) is 0 Å². The topological polar surface area (TPSA) is 97.3 Å². The summed E-state index contributed by atoms with van der Waals surface area (Å²) >= 11 is 0. The summed E-state index contributed by atoms with van der Waals surface area (Å²) in [6, 6.07) is 4.98. The second-order valence-corrected chi connectivity index (χ2v) is 10.9. The summed E-state index contributed by atoms with van der Waals surface area (Å²) in [5.41, 5.74) is 0.0318. The molecule has 1 unspecified atom stereocenters. The molecule has 2 aliphatic rings. The molecule has 1 fully saturated rings. The minimum Gasteiger partial charge on any atom is -0.493 e. The van der Waals surface area contributed by atoms with E-state index in [-0.39, 0.29) is 29.8 Å². The summed E-state index contributed by atoms with van der Waals surface area (Å²) in [5, 5.41) is 3.76. The Morgan fingerprint density at radius 3 is 2.71 bits per heavy atom. The van der Waals surface area contributed by atoms with Crippen LogP contribution in [0.1, 0.15) is 55.6 Å². The van der Waals surface area contributed by atoms with E-state index in [9.17, 15) is 21.6 Å². The summed E-state index contributed by atoms with van der Waals surface area (Å²) in [6.45, 7) is 4.00. The molecule has 35 heavy (non-hydrogen) atoms. The number of aromatic nitrogens is 3. The predicted molar refractivity (Wildman–Crippen MR) is 125 cm³/mol. The van der Waals surface area contributed by atoms with Crippen LogP contribution in [0.4, 0.5) is 24.8 Å². The average molecular weight is 508 g/mol. The molecular formula is C23H24F3N5O3S. The van der Waals surface area contributed by atoms with E-state index in [4.69, 9.17) is 4.74 Å². The van der Waals surface area contributed by atoms with Gasteiger partial charge in [0.25, 0.3) is 0 Å². The number of sulfonamides is 1. The van der Waals surface area contributed by atoms with Crippen molar-refractivity contribution in [2.24, 2.45) is 0 Å². The zero-order chi connectivity index (χ0) is 25.0. The second-order valence-electron chi connectivity index (χ2n) is 8.86. The number of anilines is 2. The molecule has 2 aromatic heterocycles. The molecular weight excluding hydrogens is 483 g/mol. The highest BCUT2D eigenvalue weighted by atomic mass is 32.2. The van der Waals surface area contributed by atoms with Crippen LogP contribution >= 0.6 is 0 Å². The van der Waals surface area contributed by atoms with Crippen molar-refractivity contribution in [3.8, 4) is 5.75 Å². The number of hydrogen-bond donors (Lipinski definition) is 1. The lowest BCUT2D eigenvalue weighted by Gasteiger charge is -2.22. The van der Waals surface area contributed by atoms with Crippen molar-refractivity contribution in [1.82, 2.24) is 15.0 Å². The molecule has 4 heterocycles. The third kappa shape index (κ3) is 4.35. The van der Waals surface area contributed by atoms with Crippen molar-refractivity contribution in [2.45, 2.75) is 44.8 Å². The average Bonchev–Trinajstić information content (AvgIpc) is 3.15. The van der Waals surface area contributed by atoms with Gasteiger partial charge in [-0.05, 0) is 31.9 Å². The summed E-state index contributed by atoms with van der Waals surface area (Å²) in [5.74, 6) is 0.817. The van der Waals surface area contributed by atoms with Gasteiger partial charge < -0.3 is 10.1 Å². The number of benzene rings is 1. The molecule has 1 aromatic carbocycles. The molecule has 2 aliphatic heterocycles. The van der Waals surface area contributed by atoms with Crippen molar-refractivity contribution >= 4 is 32.6 Å². The third-order valence-corrected chi connectivity index (χ3v) is 8.19. The molecule has 0 radical (unpaired) electrons. The van der Waals surface area contributed by atoms with Gasteiger partial charge in [0.05, 0.1) is 35.7 Å². The Labute approximate surface area is 200 Å². The van der Waals surface area contributed by atoms with Crippen LogP contribution in [0.2, 0.25) is 0 Å². The lowest BCUT2D eigenvalue weighted by molar-refractivity contribution is -0.139. The number of alkyl halides is 3. The lowest BCUT2D eigenvalue weighted by atomic mass is 10.0. The van der Waals surface area contributed by atoms with Crippen molar-refractivity contribution < 1.29 is 26.3 Å². The van der Waals surface area contributed by atoms with Gasteiger partial charge in [0.1, 0.15) is 23.2 Å². The van der Waals surface area contributed by atoms with Crippen LogP contribution in [0, 0.1) is 0 Å². The standard InChI is InChI=1S/C23H24F3N5O3S/c1-13-7-9-34-20-15(5-3-6-17(20)23(24,25)26)14(2)28-22-16-11-19(31-8-4-10-35(31,32)33)27-12-18(16)29-21(13)30-22/h3,5-6,11-14H,4,7-10H2,1-2H3,(H,28,29,30)/t13?,14-/m1/s1. The molecule has 0 aliphatic carbocycles. The minimum absolute atomic E-state index is 0.0557. The maximum Gasteiger partial charge on any atom is 0.419 e. The Morgan fingerprint density at radius 2 is 2.00 bits per heavy atom. The SMILES string of the molecule is CC1CCOc2c(cccc2C(F)(F)F)[C@@H](C)Nc2nc1nc1cnc(N3CCCS3(=O)=O)cc21. The molecule has 2 atom stereocenters. The Kier molecular flexibility index (Phi) is 5.73. The number of rotatable bonds is 1. The first-order valence-electron chi connectivity index (χ1n) is 11.3. The number of halogens is 3. The number of nitrogens with one attached hydrogen (secondary N) is 1. The van der Waals surface area contributed by atoms with Crippen LogP contribution in [-0.2, 0) is 16.2 Å². The van der Waals surface area contributed by atoms with E-state index in [2.05, 4.69) is 20.3 Å². The van der Waals surface area contributed by atoms with E-state index in [1.807, 2.05) is 6.92 Å². The molecule has 0 spiro atoms. The van der Waals surface area contributed by atoms with Gasteiger partial charge in [-0.25, -0.2) is 23.4 Å². The molecule has 1 N–H and O–H groups in total. The molecule has 1 saturated heterocycles. The maximum absolute atomic E-state index is 13.7. The van der Waals surface area contributed by atoms with Gasteiger partial charge in [0.2, 0.25) is 10.0 Å². The number of pyridine rings is 1. The third-order valence-electron chi connectivity index (χ3n) is 6.35. The summed E-state index contributed by atoms with van der Waals surface area (Å²) in [4.78, 5) is 13.6. The van der Waals surface area contributed by atoms with Gasteiger partial charge in [-0.3, -0.25) is 4.31 Å². The van der Waals surface area contributed by atoms with Gasteiger partial charge in [-0.1, -0.05) is 19.1 Å². The molecule has 3 aromatic rings. The van der Waals surface area contributed by atoms with Crippen LogP contribution in [0.3, 0.4) is 0 Å². The van der Waals surface area contributed by atoms with E-state index in [1.165, 1.54) is 16.6 Å². The van der Waals surface area contributed by atoms with Gasteiger partial charge in [-0.2, -0.15) is 13.2 Å². The highest BCUT2D eigenvalue weighted by Gasteiger charge is 2.36. The first kappa shape index (κ1) is 23.6. The fourth-order valence-corrected chi connectivity index (χ4v) is 5.94. The second kappa shape index (κ2) is 8.51. The van der Waals surface area contributed by atoms with E-state index in [0.717, 1.165) is 6.07 Å². The Morgan fingerprint density at radius 1 is 1.20 bits per heavy atom. The number of ether oxygens (including phenoxy) is 1. The lowest BCUT2D eigenvalue weighted by Crippen LogP contribution is -2.26. The van der Waals surface area contributed by atoms with Crippen molar-refractivity contribution in [3.63, 3.8) is 0 Å². The molecule has 0 amide bonds. The van der Waals surface area contributed by atoms with Gasteiger partial charge in [0, 0.05) is 23.4 Å². The molecule has 8 nitrogen and oxygen atoms in total. The van der Waals surface area contributed by atoms with Crippen LogP contribution in [0.5, 0.6) is 5.75 Å². The molecule has 5 rings (SSSR count). The van der Waals surface area contributed by atoms with Crippen LogP contribution < -0.4 is 14.4 Å². The summed E-state index contributed by atoms with van der Waals surface area (Å²) in [6.07, 6.45) is -2.14. The highest BCUT2D eigenvalue weighted by Crippen LogP contribution is 2.42. The smallest absolute Gasteiger partial charge is 0.419 e. The number of hydrogen-bond acceptors (Lipinski definition) is 7. The van der Waals surface area contributed by atoms with E-state index in [0.29, 0.717) is 47.5 Å². The van der Waals surface area contributed by atoms with E-state index >= 15 is 0 Å². The largest absolute Gasteiger partial charge is 0.493 e. The van der Waals surface area contributed by atoms with Crippen molar-refractivity contribution in [2.75, 3.05) is 28.5 Å². The summed E-state index contributed by atoms with van der Waals surface area (Å²) < 4.78 is 73.0. The first-order valence-corrected chi connectivity index (χ1v) is 12.9. The number of para-hydroxylation sites is 1. The fraction of sp³-hybridized carbons (Fsp3) is 0.435. The number of nitrogens with zero attached hydrogens (tertiary/aromatic N) is 4. The van der Waals surface area contributed by atoms with E-state index in [1.54, 1.807) is 19.1 Å². The normalized spacial score (nSPS) is 22.1.